The lowest BCUT2D eigenvalue weighted by Crippen LogP contribution is -2.63. The van der Waals surface area contributed by atoms with Crippen molar-refractivity contribution in [2.45, 2.75) is 37.8 Å². The predicted octanol–water partition coefficient (Wildman–Crippen LogP) is 2.19. The van der Waals surface area contributed by atoms with Crippen molar-refractivity contribution in [2.24, 2.45) is 17.3 Å². The summed E-state index contributed by atoms with van der Waals surface area (Å²) in [6.45, 7) is 1.75. The molecule has 30 heavy (non-hydrogen) atoms. The minimum Gasteiger partial charge on any atom is -0.468 e. The number of carbonyl (C=O) groups excluding carboxylic acids is 2. The van der Waals surface area contributed by atoms with Crippen molar-refractivity contribution in [1.82, 2.24) is 9.88 Å². The van der Waals surface area contributed by atoms with Crippen LogP contribution in [-0.2, 0) is 25.5 Å². The lowest BCUT2D eigenvalue weighted by Gasteiger charge is -2.54. The quantitative estimate of drug-likeness (QED) is 0.580. The van der Waals surface area contributed by atoms with E-state index < -0.39 is 23.5 Å². The number of aliphatic hydroxyl groups is 1. The molecule has 3 heterocycles. The molecule has 1 aromatic carbocycles. The fourth-order valence-corrected chi connectivity index (χ4v) is 6.41. The van der Waals surface area contributed by atoms with Crippen molar-refractivity contribution < 1.29 is 24.2 Å². The summed E-state index contributed by atoms with van der Waals surface area (Å²) in [5, 5.41) is 12.2. The van der Waals surface area contributed by atoms with E-state index in [1.54, 1.807) is 0 Å². The summed E-state index contributed by atoms with van der Waals surface area (Å²) in [5.41, 5.74) is 1.94. The minimum absolute atomic E-state index is 0.0707. The zero-order valence-electron chi connectivity index (χ0n) is 17.4. The standard InChI is InChI=1S/C23H28N2O5/c1-29-21(27)23(22(28)30-2)16-11-18-20-15(14-5-3-4-6-17(14)24-20)9-10-25(18)12-13(16)7-8-19(23)26/h3-6,13,16,18-19,24,26H,7-12H2,1-2H3/t13-,16-,18-,19-/m0/s1. The van der Waals surface area contributed by atoms with E-state index in [0.717, 1.165) is 31.4 Å². The number of aliphatic hydroxyl groups excluding tert-OH is 1. The summed E-state index contributed by atoms with van der Waals surface area (Å²) < 4.78 is 10.1. The van der Waals surface area contributed by atoms with Crippen molar-refractivity contribution in [2.75, 3.05) is 27.3 Å². The minimum atomic E-state index is -1.66. The van der Waals surface area contributed by atoms with Crippen LogP contribution in [0.3, 0.4) is 0 Å². The first-order valence-electron chi connectivity index (χ1n) is 10.7. The van der Waals surface area contributed by atoms with E-state index in [2.05, 4.69) is 28.1 Å². The van der Waals surface area contributed by atoms with E-state index in [0.29, 0.717) is 12.8 Å². The van der Waals surface area contributed by atoms with E-state index in [1.807, 2.05) is 6.07 Å². The zero-order chi connectivity index (χ0) is 21.0. The van der Waals surface area contributed by atoms with Crippen LogP contribution in [0.5, 0.6) is 0 Å². The number of hydrogen-bond donors (Lipinski definition) is 2. The van der Waals surface area contributed by atoms with E-state index in [1.165, 1.54) is 30.9 Å². The maximum atomic E-state index is 13.0. The van der Waals surface area contributed by atoms with Gasteiger partial charge in [0.15, 0.2) is 5.41 Å². The predicted molar refractivity (Wildman–Crippen MR) is 110 cm³/mol. The van der Waals surface area contributed by atoms with Crippen molar-refractivity contribution in [3.05, 3.63) is 35.5 Å². The van der Waals surface area contributed by atoms with Gasteiger partial charge in [0, 0.05) is 29.7 Å². The van der Waals surface area contributed by atoms with Crippen molar-refractivity contribution in [3.8, 4) is 0 Å². The van der Waals surface area contributed by atoms with Crippen LogP contribution in [0.15, 0.2) is 24.3 Å². The van der Waals surface area contributed by atoms with Gasteiger partial charge in [-0.3, -0.25) is 14.5 Å². The average Bonchev–Trinajstić information content (AvgIpc) is 3.16. The SMILES string of the molecule is COC(=O)C1(C(=O)OC)[C@@H](O)CC[C@H]2CN3CCc4c([nH]c5ccccc45)[C@@H]3C[C@@H]21. The van der Waals surface area contributed by atoms with Gasteiger partial charge in [-0.1, -0.05) is 18.2 Å². The molecule has 0 spiro atoms. The Balaban J connectivity index is 1.60. The number of H-pyrrole nitrogens is 1. The van der Waals surface area contributed by atoms with Crippen LogP contribution >= 0.6 is 0 Å². The monoisotopic (exact) mass is 412 g/mol. The second-order valence-electron chi connectivity index (χ2n) is 8.87. The summed E-state index contributed by atoms with van der Waals surface area (Å²) in [6, 6.07) is 8.37. The second kappa shape index (κ2) is 7.10. The molecule has 2 fully saturated rings. The van der Waals surface area contributed by atoms with Crippen LogP contribution in [0.1, 0.15) is 36.6 Å². The van der Waals surface area contributed by atoms with E-state index in [4.69, 9.17) is 9.47 Å². The molecule has 7 heteroatoms. The van der Waals surface area contributed by atoms with Gasteiger partial charge in [-0.2, -0.15) is 0 Å². The molecular weight excluding hydrogens is 384 g/mol. The topological polar surface area (TPSA) is 91.9 Å². The molecule has 1 aromatic heterocycles. The summed E-state index contributed by atoms with van der Waals surface area (Å²) in [5.74, 6) is -1.57. The third kappa shape index (κ3) is 2.51. The molecule has 7 nitrogen and oxygen atoms in total. The normalized spacial score (nSPS) is 30.1. The van der Waals surface area contributed by atoms with Crippen LogP contribution in [0, 0.1) is 17.3 Å². The molecule has 0 bridgehead atoms. The third-order valence-electron chi connectivity index (χ3n) is 7.75. The van der Waals surface area contributed by atoms with E-state index >= 15 is 0 Å². The fourth-order valence-electron chi connectivity index (χ4n) is 6.41. The number of nitrogens with zero attached hydrogens (tertiary/aromatic N) is 1. The van der Waals surface area contributed by atoms with E-state index in [9.17, 15) is 14.7 Å². The van der Waals surface area contributed by atoms with Gasteiger partial charge in [0.1, 0.15) is 0 Å². The van der Waals surface area contributed by atoms with Gasteiger partial charge in [-0.25, -0.2) is 0 Å². The lowest BCUT2D eigenvalue weighted by molar-refractivity contribution is -0.199. The Morgan fingerprint density at radius 3 is 2.63 bits per heavy atom. The first-order chi connectivity index (χ1) is 14.5. The number of ether oxygens (including phenoxy) is 2. The largest absolute Gasteiger partial charge is 0.468 e. The Kier molecular flexibility index (Phi) is 4.63. The number of rotatable bonds is 2. The number of esters is 2. The number of nitrogens with one attached hydrogen (secondary N) is 1. The summed E-state index contributed by atoms with van der Waals surface area (Å²) in [6.07, 6.45) is 1.66. The number of hydrogen-bond acceptors (Lipinski definition) is 6. The van der Waals surface area contributed by atoms with Crippen molar-refractivity contribution >= 4 is 22.8 Å². The molecule has 2 aromatic rings. The number of fused-ring (bicyclic) bond motifs is 6. The van der Waals surface area contributed by atoms with Gasteiger partial charge in [-0.05, 0) is 49.1 Å². The van der Waals surface area contributed by atoms with Gasteiger partial charge in [0.25, 0.3) is 0 Å². The van der Waals surface area contributed by atoms with Gasteiger partial charge in [0.2, 0.25) is 0 Å². The Bertz CT molecular complexity index is 983. The van der Waals surface area contributed by atoms with Gasteiger partial charge in [0.05, 0.1) is 26.4 Å². The number of piperidine rings is 1. The molecule has 2 N–H and O–H groups in total. The highest BCUT2D eigenvalue weighted by atomic mass is 16.5. The molecule has 1 saturated carbocycles. The third-order valence-corrected chi connectivity index (χ3v) is 7.75. The Morgan fingerprint density at radius 1 is 1.17 bits per heavy atom. The highest BCUT2D eigenvalue weighted by Crippen LogP contribution is 2.55. The average molecular weight is 412 g/mol. The Morgan fingerprint density at radius 2 is 1.90 bits per heavy atom. The Labute approximate surface area is 175 Å². The second-order valence-corrected chi connectivity index (χ2v) is 8.87. The van der Waals surface area contributed by atoms with Crippen molar-refractivity contribution in [1.29, 1.82) is 0 Å². The van der Waals surface area contributed by atoms with Gasteiger partial charge >= 0.3 is 11.9 Å². The molecule has 3 aliphatic rings. The summed E-state index contributed by atoms with van der Waals surface area (Å²) in [7, 11) is 2.55. The van der Waals surface area contributed by atoms with Gasteiger partial charge < -0.3 is 19.6 Å². The van der Waals surface area contributed by atoms with Crippen LogP contribution in [0.2, 0.25) is 0 Å². The van der Waals surface area contributed by atoms with Crippen LogP contribution < -0.4 is 0 Å². The molecule has 0 amide bonds. The molecule has 1 aliphatic carbocycles. The van der Waals surface area contributed by atoms with Crippen LogP contribution in [0.4, 0.5) is 0 Å². The first-order valence-corrected chi connectivity index (χ1v) is 10.7. The van der Waals surface area contributed by atoms with E-state index in [-0.39, 0.29) is 17.9 Å². The highest BCUT2D eigenvalue weighted by Gasteiger charge is 2.65. The van der Waals surface area contributed by atoms with Crippen LogP contribution in [0.25, 0.3) is 10.9 Å². The molecule has 160 valence electrons. The van der Waals surface area contributed by atoms with Crippen molar-refractivity contribution in [3.63, 3.8) is 0 Å². The number of carbonyl (C=O) groups is 2. The molecular formula is C23H28N2O5. The lowest BCUT2D eigenvalue weighted by atomic mass is 9.56. The highest BCUT2D eigenvalue weighted by molar-refractivity contribution is 6.01. The number of para-hydroxylation sites is 1. The maximum absolute atomic E-state index is 13.0. The smallest absolute Gasteiger partial charge is 0.326 e. The summed E-state index contributed by atoms with van der Waals surface area (Å²) >= 11 is 0. The number of methoxy groups -OCH3 is 2. The number of aromatic amines is 1. The molecule has 0 radical (unpaired) electrons. The molecule has 1 saturated heterocycles. The van der Waals surface area contributed by atoms with Gasteiger partial charge in [-0.15, -0.1) is 0 Å². The summed E-state index contributed by atoms with van der Waals surface area (Å²) in [4.78, 5) is 32.1. The molecule has 2 aliphatic heterocycles. The maximum Gasteiger partial charge on any atom is 0.326 e. The first kappa shape index (κ1) is 19.6. The van der Waals surface area contributed by atoms with Crippen LogP contribution in [-0.4, -0.2) is 60.3 Å². The molecule has 5 rings (SSSR count). The molecule has 0 unspecified atom stereocenters. The zero-order valence-corrected chi connectivity index (χ0v) is 17.4. The fraction of sp³-hybridized carbons (Fsp3) is 0.565. The number of benzene rings is 1. The Hall–Kier alpha value is -2.38. The molecule has 4 atom stereocenters. The number of aromatic nitrogens is 1.